The Bertz CT molecular complexity index is 282. The maximum Gasteiger partial charge on any atom is 0.237 e. The number of rotatable bonds is 6. The van der Waals surface area contributed by atoms with E-state index in [1.54, 1.807) is 0 Å². The van der Waals surface area contributed by atoms with Crippen LogP contribution in [-0.2, 0) is 4.79 Å². The molecule has 1 aliphatic heterocycles. The third kappa shape index (κ3) is 3.93. The number of fused-ring (bicyclic) bond motifs is 1. The number of carbonyl (C=O) groups is 1. The number of hydrogen-bond acceptors (Lipinski definition) is 3. The van der Waals surface area contributed by atoms with Gasteiger partial charge in [0.2, 0.25) is 5.91 Å². The van der Waals surface area contributed by atoms with Crippen molar-refractivity contribution in [2.45, 2.75) is 64.0 Å². The molecule has 110 valence electrons. The molecule has 1 saturated carbocycles. The molecule has 0 radical (unpaired) electrons. The smallest absolute Gasteiger partial charge is 0.237 e. The summed E-state index contributed by atoms with van der Waals surface area (Å²) in [5.74, 6) is 1.27. The molecule has 1 heterocycles. The summed E-state index contributed by atoms with van der Waals surface area (Å²) in [6.45, 7) is 3.01. The molecule has 2 fully saturated rings. The van der Waals surface area contributed by atoms with Gasteiger partial charge >= 0.3 is 0 Å². The van der Waals surface area contributed by atoms with Crippen LogP contribution in [0.2, 0.25) is 0 Å². The Morgan fingerprint density at radius 2 is 2.21 bits per heavy atom. The van der Waals surface area contributed by atoms with E-state index < -0.39 is 0 Å². The number of aliphatic hydroxyl groups is 1. The summed E-state index contributed by atoms with van der Waals surface area (Å²) in [7, 11) is 0. The van der Waals surface area contributed by atoms with Crippen molar-refractivity contribution < 1.29 is 9.90 Å². The first-order valence-electron chi connectivity index (χ1n) is 7.89. The second-order valence-corrected chi connectivity index (χ2v) is 6.14. The van der Waals surface area contributed by atoms with Crippen molar-refractivity contribution in [1.29, 1.82) is 0 Å². The average Bonchev–Trinajstić information content (AvgIpc) is 2.87. The Labute approximate surface area is 116 Å². The molecule has 1 saturated heterocycles. The molecule has 0 spiro atoms. The second kappa shape index (κ2) is 7.25. The summed E-state index contributed by atoms with van der Waals surface area (Å²) >= 11 is 0. The van der Waals surface area contributed by atoms with Gasteiger partial charge in [0.15, 0.2) is 0 Å². The summed E-state index contributed by atoms with van der Waals surface area (Å²) in [4.78, 5) is 12.2. The number of aliphatic hydroxyl groups excluding tert-OH is 1. The molecule has 0 aromatic heterocycles. The number of hydrogen-bond donors (Lipinski definition) is 3. The van der Waals surface area contributed by atoms with E-state index in [2.05, 4.69) is 17.6 Å². The van der Waals surface area contributed by atoms with Crippen molar-refractivity contribution >= 4 is 5.91 Å². The molecular weight excluding hydrogens is 240 g/mol. The minimum atomic E-state index is 0.0136. The van der Waals surface area contributed by atoms with E-state index in [4.69, 9.17) is 5.11 Å². The third-order valence-corrected chi connectivity index (χ3v) is 4.86. The first-order chi connectivity index (χ1) is 9.24. The van der Waals surface area contributed by atoms with E-state index in [1.807, 2.05) is 0 Å². The highest BCUT2D eigenvalue weighted by Crippen LogP contribution is 2.33. The summed E-state index contributed by atoms with van der Waals surface area (Å²) in [6.07, 6.45) is 7.93. The molecule has 4 atom stereocenters. The topological polar surface area (TPSA) is 61.4 Å². The van der Waals surface area contributed by atoms with E-state index in [0.29, 0.717) is 24.4 Å². The molecule has 0 bridgehead atoms. The summed E-state index contributed by atoms with van der Waals surface area (Å²) in [5.41, 5.74) is 0. The van der Waals surface area contributed by atoms with Crippen LogP contribution in [0.15, 0.2) is 0 Å². The van der Waals surface area contributed by atoms with Crippen molar-refractivity contribution in [3.63, 3.8) is 0 Å². The quantitative estimate of drug-likeness (QED) is 0.683. The molecule has 0 aromatic rings. The largest absolute Gasteiger partial charge is 0.396 e. The fourth-order valence-electron chi connectivity index (χ4n) is 3.52. The molecule has 4 heteroatoms. The third-order valence-electron chi connectivity index (χ3n) is 4.86. The highest BCUT2D eigenvalue weighted by molar-refractivity contribution is 5.82. The summed E-state index contributed by atoms with van der Waals surface area (Å²) in [6, 6.07) is 0.587. The van der Waals surface area contributed by atoms with E-state index in [1.165, 1.54) is 25.7 Å². The SMILES string of the molecule is CCC(CCO)CNC(=O)C1CC2CCCCC2N1. The Hall–Kier alpha value is -0.610. The fraction of sp³-hybridized carbons (Fsp3) is 0.933. The molecule has 1 aliphatic carbocycles. The predicted octanol–water partition coefficient (Wildman–Crippen LogP) is 1.43. The molecule has 4 nitrogen and oxygen atoms in total. The molecule has 3 N–H and O–H groups in total. The summed E-state index contributed by atoms with van der Waals surface area (Å²) in [5, 5.41) is 15.5. The first-order valence-corrected chi connectivity index (χ1v) is 7.89. The van der Waals surface area contributed by atoms with E-state index in [-0.39, 0.29) is 18.6 Å². The number of nitrogens with one attached hydrogen (secondary N) is 2. The maximum atomic E-state index is 12.2. The number of carbonyl (C=O) groups excluding carboxylic acids is 1. The highest BCUT2D eigenvalue weighted by Gasteiger charge is 2.38. The van der Waals surface area contributed by atoms with Gasteiger partial charge in [0.05, 0.1) is 6.04 Å². The second-order valence-electron chi connectivity index (χ2n) is 6.14. The fourth-order valence-corrected chi connectivity index (χ4v) is 3.52. The molecule has 4 unspecified atom stereocenters. The Morgan fingerprint density at radius 1 is 1.42 bits per heavy atom. The van der Waals surface area contributed by atoms with Crippen molar-refractivity contribution in [1.82, 2.24) is 10.6 Å². The average molecular weight is 268 g/mol. The van der Waals surface area contributed by atoms with Crippen LogP contribution in [0.4, 0.5) is 0 Å². The normalized spacial score (nSPS) is 31.8. The van der Waals surface area contributed by atoms with Gasteiger partial charge in [-0.1, -0.05) is 26.2 Å². The van der Waals surface area contributed by atoms with Gasteiger partial charge in [0, 0.05) is 19.2 Å². The molecule has 2 rings (SSSR count). The Balaban J connectivity index is 1.74. The van der Waals surface area contributed by atoms with Crippen molar-refractivity contribution in [2.75, 3.05) is 13.2 Å². The van der Waals surface area contributed by atoms with Gasteiger partial charge in [-0.2, -0.15) is 0 Å². The zero-order valence-electron chi connectivity index (χ0n) is 12.0. The van der Waals surface area contributed by atoms with Crippen LogP contribution in [0, 0.1) is 11.8 Å². The highest BCUT2D eigenvalue weighted by atomic mass is 16.3. The number of amides is 1. The summed E-state index contributed by atoms with van der Waals surface area (Å²) < 4.78 is 0. The minimum Gasteiger partial charge on any atom is -0.396 e. The molecule has 1 amide bonds. The lowest BCUT2D eigenvalue weighted by atomic mass is 9.85. The van der Waals surface area contributed by atoms with Gasteiger partial charge in [-0.3, -0.25) is 4.79 Å². The molecule has 2 aliphatic rings. The van der Waals surface area contributed by atoms with Crippen LogP contribution in [0.3, 0.4) is 0 Å². The van der Waals surface area contributed by atoms with Gasteiger partial charge in [0.25, 0.3) is 0 Å². The van der Waals surface area contributed by atoms with Gasteiger partial charge in [0.1, 0.15) is 0 Å². The lowest BCUT2D eigenvalue weighted by molar-refractivity contribution is -0.123. The van der Waals surface area contributed by atoms with Crippen molar-refractivity contribution in [2.24, 2.45) is 11.8 Å². The van der Waals surface area contributed by atoms with Gasteiger partial charge in [-0.15, -0.1) is 0 Å². The van der Waals surface area contributed by atoms with Crippen LogP contribution in [-0.4, -0.2) is 36.2 Å². The van der Waals surface area contributed by atoms with Gasteiger partial charge < -0.3 is 15.7 Å². The Kier molecular flexibility index (Phi) is 5.64. The van der Waals surface area contributed by atoms with Crippen LogP contribution in [0.5, 0.6) is 0 Å². The standard InChI is InChI=1S/C15H28N2O2/c1-2-11(7-8-18)10-16-15(19)14-9-12-5-3-4-6-13(12)17-14/h11-14,17-18H,2-10H2,1H3,(H,16,19). The van der Waals surface area contributed by atoms with Gasteiger partial charge in [-0.05, 0) is 37.5 Å². The zero-order chi connectivity index (χ0) is 13.7. The van der Waals surface area contributed by atoms with Crippen LogP contribution >= 0.6 is 0 Å². The lowest BCUT2D eigenvalue weighted by Crippen LogP contribution is -2.44. The molecular formula is C15H28N2O2. The predicted molar refractivity (Wildman–Crippen MR) is 75.8 cm³/mol. The maximum absolute atomic E-state index is 12.2. The van der Waals surface area contributed by atoms with Crippen molar-refractivity contribution in [3.05, 3.63) is 0 Å². The van der Waals surface area contributed by atoms with Crippen LogP contribution in [0.1, 0.15) is 51.9 Å². The van der Waals surface area contributed by atoms with E-state index in [9.17, 15) is 4.79 Å². The molecule has 19 heavy (non-hydrogen) atoms. The minimum absolute atomic E-state index is 0.0136. The first kappa shape index (κ1) is 14.8. The van der Waals surface area contributed by atoms with Gasteiger partial charge in [-0.25, -0.2) is 0 Å². The Morgan fingerprint density at radius 3 is 2.89 bits per heavy atom. The van der Waals surface area contributed by atoms with Crippen molar-refractivity contribution in [3.8, 4) is 0 Å². The van der Waals surface area contributed by atoms with Crippen LogP contribution < -0.4 is 10.6 Å². The zero-order valence-corrected chi connectivity index (χ0v) is 12.0. The lowest BCUT2D eigenvalue weighted by Gasteiger charge is -2.24. The van der Waals surface area contributed by atoms with E-state index >= 15 is 0 Å². The van der Waals surface area contributed by atoms with Crippen LogP contribution in [0.25, 0.3) is 0 Å². The molecule has 0 aromatic carbocycles. The monoisotopic (exact) mass is 268 g/mol. The van der Waals surface area contributed by atoms with E-state index in [0.717, 1.165) is 19.3 Å².